The second kappa shape index (κ2) is 11.3. The Bertz CT molecular complexity index is 1150. The van der Waals surface area contributed by atoms with Crippen LogP contribution >= 0.6 is 0 Å². The summed E-state index contributed by atoms with van der Waals surface area (Å²) in [6.45, 7) is 4.06. The maximum Gasteiger partial charge on any atom is 0.200 e. The van der Waals surface area contributed by atoms with Crippen LogP contribution in [0.1, 0.15) is 68.6 Å². The summed E-state index contributed by atoms with van der Waals surface area (Å²) in [7, 11) is 0. The molecule has 0 N–H and O–H groups in total. The van der Waals surface area contributed by atoms with E-state index < -0.39 is 23.3 Å². The van der Waals surface area contributed by atoms with Crippen LogP contribution in [0.5, 0.6) is 5.75 Å². The lowest BCUT2D eigenvalue weighted by Crippen LogP contribution is -2.16. The highest BCUT2D eigenvalue weighted by Crippen LogP contribution is 2.40. The molecule has 1 nitrogen and oxygen atoms in total. The molecule has 186 valence electrons. The third kappa shape index (κ3) is 5.55. The highest BCUT2D eigenvalue weighted by atomic mass is 19.2. The number of halogens is 4. The molecule has 0 spiro atoms. The first-order valence-corrected chi connectivity index (χ1v) is 12.6. The molecule has 0 aromatic heterocycles. The summed E-state index contributed by atoms with van der Waals surface area (Å²) in [6, 6.07) is 14.0. The summed E-state index contributed by atoms with van der Waals surface area (Å²) in [5.41, 5.74) is 2.88. The van der Waals surface area contributed by atoms with Crippen LogP contribution in [-0.2, 0) is 12.8 Å². The quantitative estimate of drug-likeness (QED) is 0.290. The Morgan fingerprint density at radius 3 is 2.11 bits per heavy atom. The van der Waals surface area contributed by atoms with Crippen molar-refractivity contribution in [1.29, 1.82) is 0 Å². The molecule has 1 fully saturated rings. The Kier molecular flexibility index (Phi) is 8.15. The molecule has 3 aromatic rings. The van der Waals surface area contributed by atoms with Crippen LogP contribution in [0.25, 0.3) is 11.1 Å². The van der Waals surface area contributed by atoms with Crippen molar-refractivity contribution < 1.29 is 22.3 Å². The molecule has 0 heterocycles. The molecule has 4 rings (SSSR count). The molecule has 0 atom stereocenters. The molecule has 1 aliphatic carbocycles. The average molecular weight is 485 g/mol. The van der Waals surface area contributed by atoms with Gasteiger partial charge in [-0.25, -0.2) is 13.2 Å². The molecule has 1 aliphatic rings. The van der Waals surface area contributed by atoms with E-state index in [0.29, 0.717) is 29.0 Å². The van der Waals surface area contributed by atoms with Crippen molar-refractivity contribution in [1.82, 2.24) is 0 Å². The maximum atomic E-state index is 14.8. The van der Waals surface area contributed by atoms with Gasteiger partial charge >= 0.3 is 0 Å². The highest BCUT2D eigenvalue weighted by molar-refractivity contribution is 5.65. The zero-order chi connectivity index (χ0) is 24.9. The Morgan fingerprint density at radius 1 is 0.743 bits per heavy atom. The minimum Gasteiger partial charge on any atom is -0.491 e. The van der Waals surface area contributed by atoms with Crippen LogP contribution in [0.3, 0.4) is 0 Å². The van der Waals surface area contributed by atoms with Gasteiger partial charge in [0.05, 0.1) is 6.61 Å². The molecule has 5 heteroatoms. The van der Waals surface area contributed by atoms with E-state index in [-0.39, 0.29) is 23.8 Å². The molecule has 3 aromatic carbocycles. The van der Waals surface area contributed by atoms with Crippen LogP contribution in [-0.4, -0.2) is 6.61 Å². The zero-order valence-corrected chi connectivity index (χ0v) is 20.4. The van der Waals surface area contributed by atoms with E-state index in [9.17, 15) is 17.6 Å². The van der Waals surface area contributed by atoms with Crippen LogP contribution in [0.2, 0.25) is 0 Å². The Balaban J connectivity index is 1.36. The smallest absolute Gasteiger partial charge is 0.200 e. The van der Waals surface area contributed by atoms with Gasteiger partial charge in [0.25, 0.3) is 0 Å². The molecule has 0 unspecified atom stereocenters. The van der Waals surface area contributed by atoms with Gasteiger partial charge in [0, 0.05) is 5.56 Å². The minimum atomic E-state index is -0.922. The molecule has 1 saturated carbocycles. The van der Waals surface area contributed by atoms with Gasteiger partial charge in [-0.05, 0) is 92.0 Å². The van der Waals surface area contributed by atoms with Gasteiger partial charge in [-0.2, -0.15) is 4.39 Å². The van der Waals surface area contributed by atoms with Crippen molar-refractivity contribution in [3.8, 4) is 16.9 Å². The Morgan fingerprint density at radius 2 is 1.46 bits per heavy atom. The summed E-state index contributed by atoms with van der Waals surface area (Å²) in [5.74, 6) is -3.06. The molecule has 0 amide bonds. The van der Waals surface area contributed by atoms with Crippen molar-refractivity contribution >= 4 is 0 Å². The van der Waals surface area contributed by atoms with Crippen molar-refractivity contribution in [2.24, 2.45) is 5.92 Å². The first-order chi connectivity index (χ1) is 16.9. The largest absolute Gasteiger partial charge is 0.491 e. The summed E-state index contributed by atoms with van der Waals surface area (Å²) in [6.07, 6.45) is 5.30. The fourth-order valence-electron chi connectivity index (χ4n) is 5.18. The number of ether oxygens (including phenoxy) is 1. The van der Waals surface area contributed by atoms with E-state index in [2.05, 4.69) is 6.92 Å². The summed E-state index contributed by atoms with van der Waals surface area (Å²) in [5, 5.41) is 0. The predicted octanol–water partition coefficient (Wildman–Crippen LogP) is 8.78. The van der Waals surface area contributed by atoms with E-state index in [1.165, 1.54) is 6.07 Å². The van der Waals surface area contributed by atoms with Crippen LogP contribution in [0.15, 0.2) is 48.5 Å². The summed E-state index contributed by atoms with van der Waals surface area (Å²) >= 11 is 0. The molecule has 0 bridgehead atoms. The minimum absolute atomic E-state index is 0.0380. The fraction of sp³-hybridized carbons (Fsp3) is 0.400. The molecule has 35 heavy (non-hydrogen) atoms. The van der Waals surface area contributed by atoms with Gasteiger partial charge in [-0.3, -0.25) is 0 Å². The van der Waals surface area contributed by atoms with Gasteiger partial charge in [0.1, 0.15) is 0 Å². The first kappa shape index (κ1) is 25.3. The molecular formula is C30H32F4O. The average Bonchev–Trinajstić information content (AvgIpc) is 2.88. The monoisotopic (exact) mass is 484 g/mol. The predicted molar refractivity (Wildman–Crippen MR) is 132 cm³/mol. The molecule has 0 saturated heterocycles. The van der Waals surface area contributed by atoms with Crippen LogP contribution in [0.4, 0.5) is 17.6 Å². The van der Waals surface area contributed by atoms with E-state index in [1.54, 1.807) is 25.1 Å². The van der Waals surface area contributed by atoms with Crippen LogP contribution in [0, 0.1) is 29.2 Å². The number of hydrogen-bond donors (Lipinski definition) is 0. The lowest BCUT2D eigenvalue weighted by molar-refractivity contribution is 0.296. The second-order valence-corrected chi connectivity index (χ2v) is 9.42. The number of rotatable bonds is 8. The van der Waals surface area contributed by atoms with Crippen molar-refractivity contribution in [2.75, 3.05) is 6.61 Å². The van der Waals surface area contributed by atoms with Gasteiger partial charge in [0.2, 0.25) is 5.82 Å². The number of aryl methyl sites for hydroxylation is 2. The van der Waals surface area contributed by atoms with Crippen molar-refractivity contribution in [3.05, 3.63) is 88.5 Å². The highest BCUT2D eigenvalue weighted by Gasteiger charge is 2.27. The lowest BCUT2D eigenvalue weighted by atomic mass is 9.76. The Labute approximate surface area is 205 Å². The Hall–Kier alpha value is -2.82. The fourth-order valence-corrected chi connectivity index (χ4v) is 5.18. The summed E-state index contributed by atoms with van der Waals surface area (Å²) < 4.78 is 63.7. The van der Waals surface area contributed by atoms with Crippen molar-refractivity contribution in [2.45, 2.75) is 64.7 Å². The normalized spacial score (nSPS) is 18.0. The first-order valence-electron chi connectivity index (χ1n) is 12.6. The maximum absolute atomic E-state index is 14.8. The van der Waals surface area contributed by atoms with E-state index in [4.69, 9.17) is 4.74 Å². The number of hydrogen-bond acceptors (Lipinski definition) is 1. The van der Waals surface area contributed by atoms with Crippen molar-refractivity contribution in [3.63, 3.8) is 0 Å². The van der Waals surface area contributed by atoms with Gasteiger partial charge < -0.3 is 4.74 Å². The third-order valence-electron chi connectivity index (χ3n) is 7.32. The second-order valence-electron chi connectivity index (χ2n) is 9.42. The summed E-state index contributed by atoms with van der Waals surface area (Å²) in [4.78, 5) is 0. The number of benzene rings is 3. The van der Waals surface area contributed by atoms with Gasteiger partial charge in [0.15, 0.2) is 23.2 Å². The third-order valence-corrected chi connectivity index (χ3v) is 7.32. The van der Waals surface area contributed by atoms with Gasteiger partial charge in [-0.15, -0.1) is 0 Å². The van der Waals surface area contributed by atoms with Gasteiger partial charge in [-0.1, -0.05) is 49.4 Å². The zero-order valence-electron chi connectivity index (χ0n) is 20.4. The molecule has 0 aliphatic heterocycles. The van der Waals surface area contributed by atoms with Crippen LogP contribution < -0.4 is 4.74 Å². The molecule has 0 radical (unpaired) electrons. The van der Waals surface area contributed by atoms with E-state index >= 15 is 0 Å². The molecular weight excluding hydrogens is 452 g/mol. The standard InChI is InChI=1S/C30H32F4O/c1-3-19-5-10-21(11-6-19)24-16-15-23(27(31)28(24)32)14-9-20-7-12-22(13-8-20)25-17-18-26(35-4-2)30(34)29(25)33/h5-6,10-11,15-18,20,22H,3-4,7-9,12-14H2,1-2H3. The lowest BCUT2D eigenvalue weighted by Gasteiger charge is -2.29. The topological polar surface area (TPSA) is 9.23 Å². The van der Waals surface area contributed by atoms with E-state index in [1.807, 2.05) is 24.3 Å². The SMILES string of the molecule is CCOc1ccc(C2CCC(CCc3ccc(-c4ccc(CC)cc4)c(F)c3F)CC2)c(F)c1F. The van der Waals surface area contributed by atoms with E-state index in [0.717, 1.165) is 44.1 Å².